The van der Waals surface area contributed by atoms with E-state index in [1.54, 1.807) is 0 Å². The normalized spacial score (nSPS) is 8.45. The summed E-state index contributed by atoms with van der Waals surface area (Å²) in [6.07, 6.45) is 1.82. The van der Waals surface area contributed by atoms with E-state index in [0.29, 0.717) is 5.88 Å². The quantitative estimate of drug-likeness (QED) is 0.481. The van der Waals surface area contributed by atoms with Crippen molar-refractivity contribution < 1.29 is 0 Å². The van der Waals surface area contributed by atoms with Crippen molar-refractivity contribution in [3.63, 3.8) is 0 Å². The molecule has 1 rings (SSSR count). The van der Waals surface area contributed by atoms with Gasteiger partial charge in [0.15, 0.2) is 0 Å². The highest BCUT2D eigenvalue weighted by atomic mass is 35.5. The Kier molecular flexibility index (Phi) is 5.65. The molecule has 2 heteroatoms. The van der Waals surface area contributed by atoms with Gasteiger partial charge in [0.25, 0.3) is 0 Å². The minimum Gasteiger partial charge on any atom is -0.122 e. The van der Waals surface area contributed by atoms with Gasteiger partial charge in [-0.05, 0) is 11.1 Å². The molecule has 0 bridgehead atoms. The van der Waals surface area contributed by atoms with Crippen LogP contribution in [0, 0.1) is 0 Å². The van der Waals surface area contributed by atoms with E-state index in [9.17, 15) is 0 Å². The average molecular weight is 179 g/mol. The molecule has 0 fully saturated rings. The van der Waals surface area contributed by atoms with Gasteiger partial charge in [0.05, 0.1) is 0 Å². The average Bonchev–Trinajstić information content (AvgIpc) is 2.05. The second-order valence-corrected chi connectivity index (χ2v) is 2.35. The zero-order valence-corrected chi connectivity index (χ0v) is 6.43. The summed E-state index contributed by atoms with van der Waals surface area (Å²) >= 11 is 5.60. The molecule has 0 aliphatic rings. The number of alkyl halides is 1. The van der Waals surface area contributed by atoms with E-state index < -0.39 is 0 Å². The lowest BCUT2D eigenvalue weighted by atomic mass is 10.1. The number of halogens is 1. The van der Waals surface area contributed by atoms with Crippen LogP contribution in [0.5, 0.6) is 0 Å². The molecular formula is C9H11ClMg. The van der Waals surface area contributed by atoms with Gasteiger partial charge in [-0.15, -0.1) is 11.6 Å². The maximum Gasteiger partial charge on any atom is 0.316 e. The Labute approximate surface area is 88.4 Å². The standard InChI is InChI=1S/C9H9Cl.Mg.2H/c1-2-8-3-5-9(7-10)6-4-8;;;/h2-6H,1,7H2;;;. The molecule has 56 valence electrons. The molecule has 0 spiro atoms. The summed E-state index contributed by atoms with van der Waals surface area (Å²) in [7, 11) is 0. The maximum atomic E-state index is 5.60. The van der Waals surface area contributed by atoms with Gasteiger partial charge >= 0.3 is 23.1 Å². The van der Waals surface area contributed by atoms with Crippen LogP contribution < -0.4 is 0 Å². The molecule has 0 heterocycles. The monoisotopic (exact) mass is 178 g/mol. The Morgan fingerprint density at radius 2 is 1.82 bits per heavy atom. The molecule has 0 aliphatic carbocycles. The van der Waals surface area contributed by atoms with Crippen molar-refractivity contribution in [2.45, 2.75) is 5.88 Å². The number of hydrogen-bond donors (Lipinski definition) is 0. The molecule has 11 heavy (non-hydrogen) atoms. The van der Waals surface area contributed by atoms with Crippen LogP contribution in [-0.2, 0) is 5.88 Å². The van der Waals surface area contributed by atoms with Gasteiger partial charge in [-0.1, -0.05) is 36.9 Å². The SMILES string of the molecule is C=Cc1ccc(CCl)cc1.[MgH2]. The highest BCUT2D eigenvalue weighted by Gasteiger charge is 1.87. The third-order valence-electron chi connectivity index (χ3n) is 1.37. The molecule has 1 aromatic rings. The number of hydrogen-bond acceptors (Lipinski definition) is 0. The van der Waals surface area contributed by atoms with Crippen LogP contribution in [0.1, 0.15) is 11.1 Å². The van der Waals surface area contributed by atoms with Crippen molar-refractivity contribution in [2.75, 3.05) is 0 Å². The van der Waals surface area contributed by atoms with Crippen LogP contribution >= 0.6 is 11.6 Å². The second kappa shape index (κ2) is 5.64. The van der Waals surface area contributed by atoms with Gasteiger partial charge in [0, 0.05) is 5.88 Å². The second-order valence-electron chi connectivity index (χ2n) is 2.08. The Morgan fingerprint density at radius 3 is 2.18 bits per heavy atom. The fraction of sp³-hybridized carbons (Fsp3) is 0.111. The fourth-order valence-electron chi connectivity index (χ4n) is 0.743. The maximum absolute atomic E-state index is 5.60. The third kappa shape index (κ3) is 3.28. The van der Waals surface area contributed by atoms with Gasteiger partial charge in [-0.25, -0.2) is 0 Å². The largest absolute Gasteiger partial charge is 0.316 e. The first-order valence-corrected chi connectivity index (χ1v) is 3.67. The van der Waals surface area contributed by atoms with E-state index in [0.717, 1.165) is 11.1 Å². The predicted molar refractivity (Wildman–Crippen MR) is 54.6 cm³/mol. The molecular weight excluding hydrogens is 168 g/mol. The first kappa shape index (κ1) is 11.0. The molecule has 0 aliphatic heterocycles. The smallest absolute Gasteiger partial charge is 0.122 e. The third-order valence-corrected chi connectivity index (χ3v) is 1.68. The lowest BCUT2D eigenvalue weighted by molar-refractivity contribution is 1.40. The van der Waals surface area contributed by atoms with Crippen LogP contribution in [0.2, 0.25) is 0 Å². The first-order chi connectivity index (χ1) is 4.86. The lowest BCUT2D eigenvalue weighted by Gasteiger charge is -1.94. The summed E-state index contributed by atoms with van der Waals surface area (Å²) in [4.78, 5) is 0. The van der Waals surface area contributed by atoms with Gasteiger partial charge in [0.2, 0.25) is 0 Å². The van der Waals surface area contributed by atoms with Gasteiger partial charge in [-0.2, -0.15) is 0 Å². The first-order valence-electron chi connectivity index (χ1n) is 3.14. The van der Waals surface area contributed by atoms with Gasteiger partial charge in [0.1, 0.15) is 0 Å². The molecule has 0 amide bonds. The Bertz CT molecular complexity index is 216. The summed E-state index contributed by atoms with van der Waals surface area (Å²) in [5.74, 6) is 0.581. The molecule has 0 saturated carbocycles. The van der Waals surface area contributed by atoms with E-state index in [1.807, 2.05) is 30.3 Å². The Balaban J connectivity index is 0.000001000. The van der Waals surface area contributed by atoms with Crippen molar-refractivity contribution in [1.29, 1.82) is 0 Å². The summed E-state index contributed by atoms with van der Waals surface area (Å²) in [5.41, 5.74) is 2.28. The highest BCUT2D eigenvalue weighted by Crippen LogP contribution is 2.06. The van der Waals surface area contributed by atoms with Crippen molar-refractivity contribution in [3.05, 3.63) is 42.0 Å². The van der Waals surface area contributed by atoms with Crippen LogP contribution in [0.25, 0.3) is 6.08 Å². The lowest BCUT2D eigenvalue weighted by Crippen LogP contribution is -1.76. The van der Waals surface area contributed by atoms with Crippen molar-refractivity contribution >= 4 is 40.7 Å². The predicted octanol–water partition coefficient (Wildman–Crippen LogP) is 2.15. The topological polar surface area (TPSA) is 0 Å². The van der Waals surface area contributed by atoms with Crippen LogP contribution in [0.4, 0.5) is 0 Å². The zero-order chi connectivity index (χ0) is 7.40. The minimum atomic E-state index is 0. The van der Waals surface area contributed by atoms with Crippen molar-refractivity contribution in [1.82, 2.24) is 0 Å². The molecule has 0 radical (unpaired) electrons. The van der Waals surface area contributed by atoms with E-state index in [2.05, 4.69) is 6.58 Å². The Morgan fingerprint density at radius 1 is 1.27 bits per heavy atom. The summed E-state index contributed by atoms with van der Waals surface area (Å²) < 4.78 is 0. The van der Waals surface area contributed by atoms with Gasteiger partial charge < -0.3 is 0 Å². The van der Waals surface area contributed by atoms with E-state index in [1.165, 1.54) is 0 Å². The molecule has 0 N–H and O–H groups in total. The molecule has 0 saturated heterocycles. The minimum absolute atomic E-state index is 0. The zero-order valence-electron chi connectivity index (χ0n) is 5.68. The summed E-state index contributed by atoms with van der Waals surface area (Å²) in [6, 6.07) is 8.02. The molecule has 0 unspecified atom stereocenters. The van der Waals surface area contributed by atoms with E-state index >= 15 is 0 Å². The molecule has 0 nitrogen and oxygen atoms in total. The van der Waals surface area contributed by atoms with Crippen molar-refractivity contribution in [2.24, 2.45) is 0 Å². The highest BCUT2D eigenvalue weighted by molar-refractivity contribution is 6.17. The van der Waals surface area contributed by atoms with Crippen LogP contribution in [0.15, 0.2) is 30.8 Å². The van der Waals surface area contributed by atoms with Crippen molar-refractivity contribution in [3.8, 4) is 0 Å². The molecule has 1 aromatic carbocycles. The van der Waals surface area contributed by atoms with E-state index in [-0.39, 0.29) is 23.1 Å². The Hall–Kier alpha value is 0.0162. The van der Waals surface area contributed by atoms with Crippen LogP contribution in [-0.4, -0.2) is 23.1 Å². The summed E-state index contributed by atoms with van der Waals surface area (Å²) in [5, 5.41) is 0. The summed E-state index contributed by atoms with van der Waals surface area (Å²) in [6.45, 7) is 3.65. The van der Waals surface area contributed by atoms with E-state index in [4.69, 9.17) is 11.6 Å². The number of benzene rings is 1. The van der Waals surface area contributed by atoms with Crippen LogP contribution in [0.3, 0.4) is 0 Å². The molecule has 0 atom stereocenters. The fourth-order valence-corrected chi connectivity index (χ4v) is 0.921. The molecule has 0 aromatic heterocycles. The number of rotatable bonds is 2. The van der Waals surface area contributed by atoms with Gasteiger partial charge in [-0.3, -0.25) is 0 Å².